The molecule has 1 atom stereocenters. The predicted octanol–water partition coefficient (Wildman–Crippen LogP) is 2.58. The van der Waals surface area contributed by atoms with Gasteiger partial charge in [0.15, 0.2) is 0 Å². The summed E-state index contributed by atoms with van der Waals surface area (Å²) in [7, 11) is 0. The molecule has 2 aliphatic rings. The summed E-state index contributed by atoms with van der Waals surface area (Å²) in [6.07, 6.45) is 2.61. The first-order valence-electron chi connectivity index (χ1n) is 7.29. The van der Waals surface area contributed by atoms with Crippen LogP contribution >= 0.6 is 0 Å². The molecule has 0 saturated carbocycles. The van der Waals surface area contributed by atoms with Gasteiger partial charge in [-0.15, -0.1) is 0 Å². The van der Waals surface area contributed by atoms with Crippen molar-refractivity contribution < 1.29 is 4.79 Å². The van der Waals surface area contributed by atoms with Crippen LogP contribution in [0, 0.1) is 0 Å². The van der Waals surface area contributed by atoms with Crippen LogP contribution in [0.25, 0.3) is 0 Å². The fraction of sp³-hybridized carbons (Fsp3) is 0.562. The fourth-order valence-electron chi connectivity index (χ4n) is 3.35. The van der Waals surface area contributed by atoms with E-state index in [-0.39, 0.29) is 5.66 Å². The Labute approximate surface area is 115 Å². The van der Waals surface area contributed by atoms with Crippen LogP contribution in [-0.4, -0.2) is 23.9 Å². The van der Waals surface area contributed by atoms with Crippen LogP contribution in [0.1, 0.15) is 50.2 Å². The lowest BCUT2D eigenvalue weighted by atomic mass is 9.92. The summed E-state index contributed by atoms with van der Waals surface area (Å²) in [6, 6.07) is 8.79. The van der Waals surface area contributed by atoms with E-state index in [1.165, 1.54) is 11.1 Å². The van der Waals surface area contributed by atoms with E-state index in [1.807, 2.05) is 4.90 Å². The Hall–Kier alpha value is -1.35. The van der Waals surface area contributed by atoms with Crippen LogP contribution in [-0.2, 0) is 10.5 Å². The number of rotatable bonds is 2. The lowest BCUT2D eigenvalue weighted by Gasteiger charge is -2.43. The predicted molar refractivity (Wildman–Crippen MR) is 75.8 cm³/mol. The number of amides is 1. The van der Waals surface area contributed by atoms with Crippen molar-refractivity contribution in [2.24, 2.45) is 0 Å². The van der Waals surface area contributed by atoms with Crippen LogP contribution in [0.5, 0.6) is 0 Å². The van der Waals surface area contributed by atoms with Gasteiger partial charge in [0.2, 0.25) is 5.91 Å². The second-order valence-corrected chi connectivity index (χ2v) is 5.96. The molecule has 0 radical (unpaired) electrons. The molecule has 2 fully saturated rings. The van der Waals surface area contributed by atoms with Gasteiger partial charge in [0, 0.05) is 13.0 Å². The normalized spacial score (nSPS) is 26.9. The van der Waals surface area contributed by atoms with Crippen molar-refractivity contribution in [2.45, 2.75) is 44.7 Å². The van der Waals surface area contributed by atoms with Crippen LogP contribution in [0.2, 0.25) is 0 Å². The second-order valence-electron chi connectivity index (χ2n) is 5.96. The standard InChI is InChI=1S/C16H22N2O/c1-12(2)13-4-6-14(7-5-13)16-9-8-15(19)18(16)11-3-10-17-16/h4-7,12,17H,3,8-11H2,1-2H3. The molecular weight excluding hydrogens is 236 g/mol. The molecule has 1 unspecified atom stereocenters. The summed E-state index contributed by atoms with van der Waals surface area (Å²) < 4.78 is 0. The molecule has 0 bridgehead atoms. The topological polar surface area (TPSA) is 32.3 Å². The van der Waals surface area contributed by atoms with Gasteiger partial charge in [0.1, 0.15) is 5.66 Å². The minimum absolute atomic E-state index is 0.231. The molecular formula is C16H22N2O. The van der Waals surface area contributed by atoms with Crippen LogP contribution in [0.15, 0.2) is 24.3 Å². The summed E-state index contributed by atoms with van der Waals surface area (Å²) in [4.78, 5) is 14.1. The maximum atomic E-state index is 12.0. The van der Waals surface area contributed by atoms with E-state index in [4.69, 9.17) is 0 Å². The van der Waals surface area contributed by atoms with E-state index in [1.54, 1.807) is 0 Å². The molecule has 2 aliphatic heterocycles. The summed E-state index contributed by atoms with van der Waals surface area (Å²) in [6.45, 7) is 6.29. The first-order chi connectivity index (χ1) is 9.13. The Kier molecular flexibility index (Phi) is 3.09. The lowest BCUT2D eigenvalue weighted by Crippen LogP contribution is -2.58. The molecule has 0 spiro atoms. The molecule has 102 valence electrons. The van der Waals surface area contributed by atoms with Gasteiger partial charge >= 0.3 is 0 Å². The van der Waals surface area contributed by atoms with Gasteiger partial charge in [-0.25, -0.2) is 0 Å². The Bertz CT molecular complexity index is 480. The lowest BCUT2D eigenvalue weighted by molar-refractivity contribution is -0.133. The number of hydrogen-bond acceptors (Lipinski definition) is 2. The molecule has 1 N–H and O–H groups in total. The first-order valence-corrected chi connectivity index (χ1v) is 7.29. The molecule has 2 heterocycles. The average molecular weight is 258 g/mol. The highest BCUT2D eigenvalue weighted by molar-refractivity contribution is 5.80. The fourth-order valence-corrected chi connectivity index (χ4v) is 3.35. The van der Waals surface area contributed by atoms with Crippen LogP contribution < -0.4 is 5.32 Å². The van der Waals surface area contributed by atoms with Crippen molar-refractivity contribution in [3.05, 3.63) is 35.4 Å². The van der Waals surface area contributed by atoms with Crippen LogP contribution in [0.4, 0.5) is 0 Å². The third-order valence-electron chi connectivity index (χ3n) is 4.49. The highest BCUT2D eigenvalue weighted by Gasteiger charge is 2.47. The number of benzene rings is 1. The summed E-state index contributed by atoms with van der Waals surface area (Å²) in [5, 5.41) is 3.60. The number of nitrogens with zero attached hydrogens (tertiary/aromatic N) is 1. The third kappa shape index (κ3) is 1.96. The number of fused-ring (bicyclic) bond motifs is 1. The summed E-state index contributed by atoms with van der Waals surface area (Å²) >= 11 is 0. The van der Waals surface area contributed by atoms with E-state index in [0.29, 0.717) is 18.2 Å². The summed E-state index contributed by atoms with van der Waals surface area (Å²) in [5.41, 5.74) is 2.36. The second kappa shape index (κ2) is 4.64. The Morgan fingerprint density at radius 3 is 2.68 bits per heavy atom. The molecule has 2 saturated heterocycles. The van der Waals surface area contributed by atoms with E-state index < -0.39 is 0 Å². The summed E-state index contributed by atoms with van der Waals surface area (Å²) in [5.74, 6) is 0.840. The quantitative estimate of drug-likeness (QED) is 0.884. The highest BCUT2D eigenvalue weighted by atomic mass is 16.2. The van der Waals surface area contributed by atoms with Crippen molar-refractivity contribution in [3.63, 3.8) is 0 Å². The molecule has 0 aliphatic carbocycles. The average Bonchev–Trinajstić information content (AvgIpc) is 2.78. The highest BCUT2D eigenvalue weighted by Crippen LogP contribution is 2.39. The monoisotopic (exact) mass is 258 g/mol. The molecule has 3 heteroatoms. The van der Waals surface area contributed by atoms with Gasteiger partial charge in [-0.2, -0.15) is 0 Å². The largest absolute Gasteiger partial charge is 0.320 e. The maximum absolute atomic E-state index is 12.0. The van der Waals surface area contributed by atoms with Crippen LogP contribution in [0.3, 0.4) is 0 Å². The Morgan fingerprint density at radius 2 is 2.00 bits per heavy atom. The molecule has 3 nitrogen and oxygen atoms in total. The van der Waals surface area contributed by atoms with Crippen molar-refractivity contribution in [1.29, 1.82) is 0 Å². The van der Waals surface area contributed by atoms with E-state index in [0.717, 1.165) is 25.9 Å². The van der Waals surface area contributed by atoms with Gasteiger partial charge < -0.3 is 4.90 Å². The molecule has 1 aromatic carbocycles. The smallest absolute Gasteiger partial charge is 0.224 e. The van der Waals surface area contributed by atoms with Crippen molar-refractivity contribution >= 4 is 5.91 Å². The van der Waals surface area contributed by atoms with Crippen molar-refractivity contribution in [2.75, 3.05) is 13.1 Å². The maximum Gasteiger partial charge on any atom is 0.224 e. The zero-order valence-electron chi connectivity index (χ0n) is 11.8. The van der Waals surface area contributed by atoms with E-state index >= 15 is 0 Å². The SMILES string of the molecule is CC(C)c1ccc(C23CCC(=O)N2CCCN3)cc1. The van der Waals surface area contributed by atoms with E-state index in [9.17, 15) is 4.79 Å². The van der Waals surface area contributed by atoms with Gasteiger partial charge in [0.05, 0.1) is 0 Å². The number of carbonyl (C=O) groups excluding carboxylic acids is 1. The minimum atomic E-state index is -0.231. The number of nitrogens with one attached hydrogen (secondary N) is 1. The first kappa shape index (κ1) is 12.7. The third-order valence-corrected chi connectivity index (χ3v) is 4.49. The molecule has 1 aromatic rings. The van der Waals surface area contributed by atoms with Gasteiger partial charge in [-0.05, 0) is 36.4 Å². The minimum Gasteiger partial charge on any atom is -0.320 e. The van der Waals surface area contributed by atoms with Gasteiger partial charge in [-0.3, -0.25) is 10.1 Å². The van der Waals surface area contributed by atoms with Crippen molar-refractivity contribution in [1.82, 2.24) is 10.2 Å². The van der Waals surface area contributed by atoms with Gasteiger partial charge in [0.25, 0.3) is 0 Å². The Morgan fingerprint density at radius 1 is 1.26 bits per heavy atom. The molecule has 1 amide bonds. The molecule has 3 rings (SSSR count). The van der Waals surface area contributed by atoms with E-state index in [2.05, 4.69) is 43.4 Å². The zero-order valence-corrected chi connectivity index (χ0v) is 11.8. The molecule has 19 heavy (non-hydrogen) atoms. The Balaban J connectivity index is 1.96. The van der Waals surface area contributed by atoms with Crippen molar-refractivity contribution in [3.8, 4) is 0 Å². The van der Waals surface area contributed by atoms with Gasteiger partial charge in [-0.1, -0.05) is 38.1 Å². The number of hydrogen-bond donors (Lipinski definition) is 1. The number of carbonyl (C=O) groups is 1. The zero-order chi connectivity index (χ0) is 13.5. The molecule has 0 aromatic heterocycles.